The zero-order valence-electron chi connectivity index (χ0n) is 15.7. The third-order valence-electron chi connectivity index (χ3n) is 4.92. The van der Waals surface area contributed by atoms with Gasteiger partial charge in [-0.1, -0.05) is 6.07 Å². The topological polar surface area (TPSA) is 96.2 Å². The summed E-state index contributed by atoms with van der Waals surface area (Å²) in [6.07, 6.45) is 0. The molecule has 5 rings (SSSR count). The highest BCUT2D eigenvalue weighted by molar-refractivity contribution is 9.10. The molecule has 0 aliphatic carbocycles. The molecule has 2 aromatic carbocycles. The number of aromatic nitrogens is 4. The third-order valence-corrected chi connectivity index (χ3v) is 5.56. The number of nitrogens with zero attached hydrogens (tertiary/aromatic N) is 4. The molecule has 1 saturated heterocycles. The second-order valence-electron chi connectivity index (χ2n) is 6.94. The minimum atomic E-state index is -0.512. The maximum absolute atomic E-state index is 13.3. The van der Waals surface area contributed by atoms with Crippen LogP contribution in [0.5, 0.6) is 0 Å². The van der Waals surface area contributed by atoms with Crippen LogP contribution in [0.4, 0.5) is 10.3 Å². The summed E-state index contributed by atoms with van der Waals surface area (Å²) >= 11 is 3.55. The van der Waals surface area contributed by atoms with E-state index >= 15 is 0 Å². The Labute approximate surface area is 179 Å². The van der Waals surface area contributed by atoms with E-state index in [1.54, 1.807) is 16.6 Å². The molecule has 4 aromatic rings. The number of rotatable bonds is 3. The maximum Gasteiger partial charge on any atom is 0.243 e. The number of amides is 1. The lowest BCUT2D eigenvalue weighted by Crippen LogP contribution is -2.42. The molecule has 10 heteroatoms. The van der Waals surface area contributed by atoms with Gasteiger partial charge in [0.2, 0.25) is 11.9 Å². The Balaban J connectivity index is 1.68. The Hall–Kier alpha value is -3.11. The summed E-state index contributed by atoms with van der Waals surface area (Å²) < 4.78 is 15.7. The fraction of sp³-hybridized carbons (Fsp3) is 0.200. The van der Waals surface area contributed by atoms with Gasteiger partial charge in [-0.3, -0.25) is 4.79 Å². The van der Waals surface area contributed by atoms with Crippen LogP contribution in [0.15, 0.2) is 46.9 Å². The molecule has 8 nitrogen and oxygen atoms in total. The molecular weight excluding hydrogens is 453 g/mol. The molecule has 30 heavy (non-hydrogen) atoms. The van der Waals surface area contributed by atoms with Crippen molar-refractivity contribution in [2.24, 2.45) is 0 Å². The molecule has 1 atom stereocenters. The standard InChI is InChI=1S/C20H17BrFN7O/c21-14-3-1-2-13-16(14)26-20(25-15-10-23-8-9-24-19(15)30)29-18(13)27-17(28-29)11-4-6-12(22)7-5-11/h1-7,15,23H,8-10H2,(H,24,30)(H,25,26)/t15-/m0/s1. The number of carbonyl (C=O) groups is 1. The van der Waals surface area contributed by atoms with Gasteiger partial charge in [0.25, 0.3) is 0 Å². The number of fused-ring (bicyclic) bond motifs is 3. The molecule has 0 bridgehead atoms. The number of carbonyl (C=O) groups excluding carboxylic acids is 1. The van der Waals surface area contributed by atoms with Crippen molar-refractivity contribution in [1.29, 1.82) is 0 Å². The van der Waals surface area contributed by atoms with E-state index in [9.17, 15) is 9.18 Å². The lowest BCUT2D eigenvalue weighted by atomic mass is 10.2. The van der Waals surface area contributed by atoms with Crippen molar-refractivity contribution in [2.45, 2.75) is 6.04 Å². The van der Waals surface area contributed by atoms with E-state index in [0.717, 1.165) is 9.86 Å². The lowest BCUT2D eigenvalue weighted by molar-refractivity contribution is -0.121. The van der Waals surface area contributed by atoms with E-state index < -0.39 is 6.04 Å². The Kier molecular flexibility index (Phi) is 4.80. The van der Waals surface area contributed by atoms with Crippen molar-refractivity contribution in [1.82, 2.24) is 30.2 Å². The van der Waals surface area contributed by atoms with Crippen LogP contribution in [0, 0.1) is 5.82 Å². The minimum absolute atomic E-state index is 0.110. The molecular formula is C20H17BrFN7O. The number of hydrogen-bond donors (Lipinski definition) is 3. The number of anilines is 1. The van der Waals surface area contributed by atoms with Crippen LogP contribution < -0.4 is 16.0 Å². The highest BCUT2D eigenvalue weighted by Gasteiger charge is 2.23. The first-order valence-electron chi connectivity index (χ1n) is 9.46. The second kappa shape index (κ2) is 7.62. The SMILES string of the molecule is O=C1NCCNC[C@@H]1Nc1nc2c(Br)cccc2c2nc(-c3ccc(F)cc3)nn12. The van der Waals surface area contributed by atoms with Gasteiger partial charge in [-0.15, -0.1) is 5.10 Å². The summed E-state index contributed by atoms with van der Waals surface area (Å²) in [5.74, 6) is 0.402. The van der Waals surface area contributed by atoms with Gasteiger partial charge in [-0.2, -0.15) is 4.52 Å². The number of halogens is 2. The normalized spacial score (nSPS) is 17.1. The van der Waals surface area contributed by atoms with Gasteiger partial charge in [-0.05, 0) is 52.3 Å². The van der Waals surface area contributed by atoms with Crippen molar-refractivity contribution in [3.63, 3.8) is 0 Å². The third kappa shape index (κ3) is 3.37. The van der Waals surface area contributed by atoms with Crippen LogP contribution in [-0.2, 0) is 4.79 Å². The molecule has 2 aromatic heterocycles. The molecule has 3 heterocycles. The second-order valence-corrected chi connectivity index (χ2v) is 7.80. The molecule has 3 N–H and O–H groups in total. The fourth-order valence-corrected chi connectivity index (χ4v) is 3.88. The van der Waals surface area contributed by atoms with Gasteiger partial charge < -0.3 is 16.0 Å². The molecule has 1 aliphatic rings. The van der Waals surface area contributed by atoms with E-state index in [2.05, 4.69) is 42.0 Å². The molecule has 0 spiro atoms. The molecule has 1 aliphatic heterocycles. The number of benzene rings is 2. The predicted molar refractivity (Wildman–Crippen MR) is 115 cm³/mol. The van der Waals surface area contributed by atoms with Gasteiger partial charge >= 0.3 is 0 Å². The van der Waals surface area contributed by atoms with E-state index in [1.807, 2.05) is 18.2 Å². The van der Waals surface area contributed by atoms with Gasteiger partial charge in [0.15, 0.2) is 11.5 Å². The maximum atomic E-state index is 13.3. The number of para-hydroxylation sites is 1. The van der Waals surface area contributed by atoms with Crippen LogP contribution in [-0.4, -0.2) is 51.2 Å². The monoisotopic (exact) mass is 469 g/mol. The summed E-state index contributed by atoms with van der Waals surface area (Å²) in [4.78, 5) is 21.8. The highest BCUT2D eigenvalue weighted by atomic mass is 79.9. The van der Waals surface area contributed by atoms with Crippen molar-refractivity contribution in [3.8, 4) is 11.4 Å². The smallest absolute Gasteiger partial charge is 0.243 e. The van der Waals surface area contributed by atoms with E-state index in [0.29, 0.717) is 48.1 Å². The highest BCUT2D eigenvalue weighted by Crippen LogP contribution is 2.29. The summed E-state index contributed by atoms with van der Waals surface area (Å²) in [5.41, 5.74) is 1.97. The van der Waals surface area contributed by atoms with Gasteiger partial charge in [0, 0.05) is 35.1 Å². The average molecular weight is 470 g/mol. The quantitative estimate of drug-likeness (QED) is 0.426. The number of nitrogens with one attached hydrogen (secondary N) is 3. The largest absolute Gasteiger partial charge is 0.353 e. The van der Waals surface area contributed by atoms with Crippen molar-refractivity contribution in [2.75, 3.05) is 25.0 Å². The molecule has 0 saturated carbocycles. The Morgan fingerprint density at radius 3 is 2.80 bits per heavy atom. The summed E-state index contributed by atoms with van der Waals surface area (Å²) in [6, 6.07) is 11.2. The fourth-order valence-electron chi connectivity index (χ4n) is 3.42. The van der Waals surface area contributed by atoms with Crippen molar-refractivity contribution in [3.05, 3.63) is 52.8 Å². The molecule has 1 fully saturated rings. The molecule has 1 amide bonds. The predicted octanol–water partition coefficient (Wildman–Crippen LogP) is 2.35. The summed E-state index contributed by atoms with van der Waals surface area (Å²) in [5, 5.41) is 14.7. The summed E-state index contributed by atoms with van der Waals surface area (Å²) in [6.45, 7) is 1.73. The van der Waals surface area contributed by atoms with E-state index in [4.69, 9.17) is 4.98 Å². The van der Waals surface area contributed by atoms with Crippen molar-refractivity contribution >= 4 is 44.3 Å². The molecule has 0 unspecified atom stereocenters. The first-order chi connectivity index (χ1) is 14.6. The van der Waals surface area contributed by atoms with E-state index in [-0.39, 0.29) is 11.7 Å². The average Bonchev–Trinajstić information content (AvgIpc) is 3.10. The Morgan fingerprint density at radius 1 is 1.13 bits per heavy atom. The lowest BCUT2D eigenvalue weighted by Gasteiger charge is -2.17. The number of hydrogen-bond acceptors (Lipinski definition) is 6. The van der Waals surface area contributed by atoms with Gasteiger partial charge in [-0.25, -0.2) is 14.4 Å². The van der Waals surface area contributed by atoms with Crippen LogP contribution >= 0.6 is 15.9 Å². The minimum Gasteiger partial charge on any atom is -0.353 e. The van der Waals surface area contributed by atoms with Crippen LogP contribution in [0.1, 0.15) is 0 Å². The van der Waals surface area contributed by atoms with Gasteiger partial charge in [0.1, 0.15) is 11.9 Å². The first-order valence-corrected chi connectivity index (χ1v) is 10.3. The van der Waals surface area contributed by atoms with Crippen LogP contribution in [0.2, 0.25) is 0 Å². The van der Waals surface area contributed by atoms with Gasteiger partial charge in [0.05, 0.1) is 5.52 Å². The summed E-state index contributed by atoms with van der Waals surface area (Å²) in [7, 11) is 0. The first kappa shape index (κ1) is 18.9. The van der Waals surface area contributed by atoms with Crippen LogP contribution in [0.25, 0.3) is 27.9 Å². The van der Waals surface area contributed by atoms with Crippen LogP contribution in [0.3, 0.4) is 0 Å². The Bertz CT molecular complexity index is 1260. The Morgan fingerprint density at radius 2 is 1.97 bits per heavy atom. The molecule has 0 radical (unpaired) electrons. The zero-order valence-corrected chi connectivity index (χ0v) is 17.3. The molecule has 152 valence electrons. The van der Waals surface area contributed by atoms with Crippen molar-refractivity contribution < 1.29 is 9.18 Å². The zero-order chi connectivity index (χ0) is 20.7. The van der Waals surface area contributed by atoms with E-state index in [1.165, 1.54) is 12.1 Å².